The second-order valence-corrected chi connectivity index (χ2v) is 7.64. The van der Waals surface area contributed by atoms with Gasteiger partial charge in [0, 0.05) is 26.2 Å². The summed E-state index contributed by atoms with van der Waals surface area (Å²) in [5.74, 6) is -0.727. The zero-order valence-electron chi connectivity index (χ0n) is 13.4. The first kappa shape index (κ1) is 17.4. The molecule has 1 saturated heterocycles. The van der Waals surface area contributed by atoms with Crippen LogP contribution in [0.25, 0.3) is 0 Å². The van der Waals surface area contributed by atoms with Gasteiger partial charge in [-0.05, 0) is 37.1 Å². The van der Waals surface area contributed by atoms with Gasteiger partial charge in [0.2, 0.25) is 10.0 Å². The SMILES string of the molecule is COC(=O)C1CCCN1C(=O)c1ccc(S(=O)(=O)N(C)C)cc1. The van der Waals surface area contributed by atoms with E-state index in [1.807, 2.05) is 0 Å². The van der Waals surface area contributed by atoms with Gasteiger partial charge in [-0.25, -0.2) is 17.5 Å². The van der Waals surface area contributed by atoms with Gasteiger partial charge in [0.15, 0.2) is 0 Å². The summed E-state index contributed by atoms with van der Waals surface area (Å²) in [6, 6.07) is 5.15. The molecule has 1 aliphatic rings. The van der Waals surface area contributed by atoms with Crippen molar-refractivity contribution in [1.29, 1.82) is 0 Å². The van der Waals surface area contributed by atoms with Gasteiger partial charge >= 0.3 is 5.97 Å². The fourth-order valence-electron chi connectivity index (χ4n) is 2.54. The fraction of sp³-hybridized carbons (Fsp3) is 0.467. The first-order valence-corrected chi connectivity index (χ1v) is 8.64. The number of esters is 1. The lowest BCUT2D eigenvalue weighted by atomic mass is 10.1. The highest BCUT2D eigenvalue weighted by atomic mass is 32.2. The van der Waals surface area contributed by atoms with Crippen molar-refractivity contribution in [3.05, 3.63) is 29.8 Å². The highest BCUT2D eigenvalue weighted by molar-refractivity contribution is 7.89. The van der Waals surface area contributed by atoms with E-state index >= 15 is 0 Å². The highest BCUT2D eigenvalue weighted by Crippen LogP contribution is 2.22. The summed E-state index contributed by atoms with van der Waals surface area (Å²) in [4.78, 5) is 25.8. The molecule has 1 fully saturated rings. The number of methoxy groups -OCH3 is 1. The Hall–Kier alpha value is -1.93. The Bertz CT molecular complexity index is 697. The number of hydrogen-bond donors (Lipinski definition) is 0. The number of sulfonamides is 1. The van der Waals surface area contributed by atoms with Crippen molar-refractivity contribution in [2.75, 3.05) is 27.7 Å². The molecule has 0 aromatic heterocycles. The van der Waals surface area contributed by atoms with E-state index in [1.54, 1.807) is 0 Å². The lowest BCUT2D eigenvalue weighted by Gasteiger charge is -2.22. The van der Waals surface area contributed by atoms with E-state index in [9.17, 15) is 18.0 Å². The Labute approximate surface area is 135 Å². The number of nitrogens with zero attached hydrogens (tertiary/aromatic N) is 2. The first-order chi connectivity index (χ1) is 10.8. The molecular weight excluding hydrogens is 320 g/mol. The second kappa shape index (κ2) is 6.67. The van der Waals surface area contributed by atoms with E-state index in [0.29, 0.717) is 18.5 Å². The average Bonchev–Trinajstić information content (AvgIpc) is 3.03. The molecule has 1 amide bonds. The highest BCUT2D eigenvalue weighted by Gasteiger charge is 2.35. The van der Waals surface area contributed by atoms with Crippen molar-refractivity contribution in [3.63, 3.8) is 0 Å². The van der Waals surface area contributed by atoms with Gasteiger partial charge in [-0.2, -0.15) is 0 Å². The predicted octanol–water partition coefficient (Wildman–Crippen LogP) is 0.715. The van der Waals surface area contributed by atoms with Crippen LogP contribution in [0.4, 0.5) is 0 Å². The Kier molecular flexibility index (Phi) is 5.06. The van der Waals surface area contributed by atoms with Gasteiger partial charge in [0.25, 0.3) is 5.91 Å². The van der Waals surface area contributed by atoms with E-state index in [0.717, 1.165) is 10.7 Å². The second-order valence-electron chi connectivity index (χ2n) is 5.49. The molecule has 1 unspecified atom stereocenters. The normalized spacial score (nSPS) is 18.3. The van der Waals surface area contributed by atoms with Crippen LogP contribution in [-0.4, -0.2) is 63.3 Å². The van der Waals surface area contributed by atoms with Crippen molar-refractivity contribution in [1.82, 2.24) is 9.21 Å². The summed E-state index contributed by atoms with van der Waals surface area (Å²) in [6.45, 7) is 0.482. The molecule has 1 aliphatic heterocycles. The number of hydrogen-bond acceptors (Lipinski definition) is 5. The summed E-state index contributed by atoms with van der Waals surface area (Å²) < 4.78 is 29.9. The molecule has 0 aliphatic carbocycles. The van der Waals surface area contributed by atoms with E-state index in [4.69, 9.17) is 4.74 Å². The van der Waals surface area contributed by atoms with Crippen LogP contribution < -0.4 is 0 Å². The maximum atomic E-state index is 12.5. The summed E-state index contributed by atoms with van der Waals surface area (Å²) in [5, 5.41) is 0. The van der Waals surface area contributed by atoms with Crippen LogP contribution in [0.5, 0.6) is 0 Å². The monoisotopic (exact) mass is 340 g/mol. The smallest absolute Gasteiger partial charge is 0.328 e. The van der Waals surface area contributed by atoms with Crippen LogP contribution in [0.1, 0.15) is 23.2 Å². The Morgan fingerprint density at radius 3 is 2.35 bits per heavy atom. The number of rotatable bonds is 4. The lowest BCUT2D eigenvalue weighted by Crippen LogP contribution is -2.41. The minimum absolute atomic E-state index is 0.116. The minimum Gasteiger partial charge on any atom is -0.467 e. The van der Waals surface area contributed by atoms with Crippen molar-refractivity contribution in [2.45, 2.75) is 23.8 Å². The van der Waals surface area contributed by atoms with Crippen molar-refractivity contribution >= 4 is 21.9 Å². The number of carbonyl (C=O) groups is 2. The third-order valence-electron chi connectivity index (χ3n) is 3.87. The molecule has 8 heteroatoms. The Morgan fingerprint density at radius 2 is 1.83 bits per heavy atom. The van der Waals surface area contributed by atoms with Gasteiger partial charge in [-0.1, -0.05) is 0 Å². The molecule has 7 nitrogen and oxygen atoms in total. The molecule has 0 saturated carbocycles. The molecule has 1 aromatic carbocycles. The van der Waals surface area contributed by atoms with E-state index < -0.39 is 22.0 Å². The van der Waals surface area contributed by atoms with Crippen molar-refractivity contribution in [2.24, 2.45) is 0 Å². The molecule has 0 radical (unpaired) electrons. The third-order valence-corrected chi connectivity index (χ3v) is 5.70. The first-order valence-electron chi connectivity index (χ1n) is 7.20. The van der Waals surface area contributed by atoms with E-state index in [2.05, 4.69) is 0 Å². The number of benzene rings is 1. The summed E-state index contributed by atoms with van der Waals surface area (Å²) in [7, 11) is 0.652. The maximum absolute atomic E-state index is 12.5. The van der Waals surface area contributed by atoms with Gasteiger partial charge in [-0.3, -0.25) is 4.79 Å². The molecule has 0 N–H and O–H groups in total. The van der Waals surface area contributed by atoms with Gasteiger partial charge in [-0.15, -0.1) is 0 Å². The average molecular weight is 340 g/mol. The molecule has 1 heterocycles. The van der Waals surface area contributed by atoms with E-state index in [1.165, 1.54) is 50.4 Å². The van der Waals surface area contributed by atoms with Crippen LogP contribution in [0.3, 0.4) is 0 Å². The predicted molar refractivity (Wildman–Crippen MR) is 83.4 cm³/mol. The summed E-state index contributed by atoms with van der Waals surface area (Å²) in [6.07, 6.45) is 1.31. The molecule has 23 heavy (non-hydrogen) atoms. The fourth-order valence-corrected chi connectivity index (χ4v) is 3.44. The van der Waals surface area contributed by atoms with E-state index in [-0.39, 0.29) is 10.8 Å². The lowest BCUT2D eigenvalue weighted by molar-refractivity contribution is -0.145. The van der Waals surface area contributed by atoms with Crippen LogP contribution in [0, 0.1) is 0 Å². The van der Waals surface area contributed by atoms with Gasteiger partial charge < -0.3 is 9.64 Å². The number of amides is 1. The number of likely N-dealkylation sites (tertiary alicyclic amines) is 1. The largest absolute Gasteiger partial charge is 0.467 e. The molecule has 1 atom stereocenters. The topological polar surface area (TPSA) is 84.0 Å². The van der Waals surface area contributed by atoms with Crippen LogP contribution in [0.2, 0.25) is 0 Å². The molecule has 0 spiro atoms. The molecular formula is C15H20N2O5S. The zero-order chi connectivity index (χ0) is 17.2. The quantitative estimate of drug-likeness (QED) is 0.754. The van der Waals surface area contributed by atoms with Gasteiger partial charge in [0.05, 0.1) is 12.0 Å². The Balaban J connectivity index is 2.23. The van der Waals surface area contributed by atoms with Crippen LogP contribution in [-0.2, 0) is 19.6 Å². The molecule has 2 rings (SSSR count). The third kappa shape index (κ3) is 3.37. The number of ether oxygens (including phenoxy) is 1. The molecule has 1 aromatic rings. The Morgan fingerprint density at radius 1 is 1.22 bits per heavy atom. The summed E-state index contributed by atoms with van der Waals surface area (Å²) in [5.41, 5.74) is 0.346. The summed E-state index contributed by atoms with van der Waals surface area (Å²) >= 11 is 0. The standard InChI is InChI=1S/C15H20N2O5S/c1-16(2)23(20,21)12-8-6-11(7-9-12)14(18)17-10-4-5-13(17)15(19)22-3/h6-9,13H,4-5,10H2,1-3H3. The van der Waals surface area contributed by atoms with Crippen LogP contribution >= 0.6 is 0 Å². The molecule has 126 valence electrons. The maximum Gasteiger partial charge on any atom is 0.328 e. The van der Waals surface area contributed by atoms with Crippen molar-refractivity contribution in [3.8, 4) is 0 Å². The zero-order valence-corrected chi connectivity index (χ0v) is 14.2. The van der Waals surface area contributed by atoms with Crippen LogP contribution in [0.15, 0.2) is 29.2 Å². The number of carbonyl (C=O) groups excluding carboxylic acids is 2. The molecule has 0 bridgehead atoms. The van der Waals surface area contributed by atoms with Gasteiger partial charge in [0.1, 0.15) is 6.04 Å². The minimum atomic E-state index is -3.53. The van der Waals surface area contributed by atoms with Crippen molar-refractivity contribution < 1.29 is 22.7 Å².